The van der Waals surface area contributed by atoms with Crippen molar-refractivity contribution in [2.75, 3.05) is 18.8 Å². The van der Waals surface area contributed by atoms with E-state index in [9.17, 15) is 13.2 Å². The normalized spacial score (nSPS) is 13.4. The molecule has 6 nitrogen and oxygen atoms in total. The third-order valence-electron chi connectivity index (χ3n) is 2.17. The lowest BCUT2D eigenvalue weighted by Gasteiger charge is -2.13. The Morgan fingerprint density at radius 3 is 2.53 bits per heavy atom. The van der Waals surface area contributed by atoms with E-state index in [2.05, 4.69) is 10.0 Å². The summed E-state index contributed by atoms with van der Waals surface area (Å²) in [4.78, 5) is 11.5. The molecule has 0 aliphatic heterocycles. The van der Waals surface area contributed by atoms with Gasteiger partial charge in [-0.1, -0.05) is 6.92 Å². The summed E-state index contributed by atoms with van der Waals surface area (Å²) in [5.41, 5.74) is 5.28. The minimum atomic E-state index is -3.39. The van der Waals surface area contributed by atoms with Crippen molar-refractivity contribution in [3.05, 3.63) is 0 Å². The predicted molar refractivity (Wildman–Crippen MR) is 68.0 cm³/mol. The van der Waals surface area contributed by atoms with Gasteiger partial charge in [0.1, 0.15) is 0 Å². The maximum atomic E-state index is 11.6. The summed E-state index contributed by atoms with van der Waals surface area (Å²) in [5, 5.41) is 2.64. The second-order valence-electron chi connectivity index (χ2n) is 3.95. The van der Waals surface area contributed by atoms with Crippen LogP contribution in [0.5, 0.6) is 0 Å². The van der Waals surface area contributed by atoms with Crippen LogP contribution in [0.3, 0.4) is 0 Å². The fraction of sp³-hybridized carbons (Fsp3) is 0.900. The Kier molecular flexibility index (Phi) is 8.11. The van der Waals surface area contributed by atoms with Gasteiger partial charge in [-0.25, -0.2) is 13.1 Å². The molecule has 0 fully saturated rings. The Labute approximate surface area is 103 Å². The minimum Gasteiger partial charge on any atom is -0.355 e. The Balaban J connectivity index is 4.08. The van der Waals surface area contributed by atoms with Gasteiger partial charge in [-0.3, -0.25) is 4.79 Å². The highest BCUT2D eigenvalue weighted by Gasteiger charge is 2.19. The minimum absolute atomic E-state index is 0.00952. The lowest BCUT2D eigenvalue weighted by atomic mass is 10.3. The molecule has 0 bridgehead atoms. The molecular formula is C10H23N3O3S. The van der Waals surface area contributed by atoms with E-state index < -0.39 is 16.1 Å². The topological polar surface area (TPSA) is 101 Å². The van der Waals surface area contributed by atoms with Crippen LogP contribution < -0.4 is 15.8 Å². The summed E-state index contributed by atoms with van der Waals surface area (Å²) in [6.07, 6.45) is 1.99. The summed E-state index contributed by atoms with van der Waals surface area (Å²) < 4.78 is 25.5. The van der Waals surface area contributed by atoms with Crippen molar-refractivity contribution in [3.63, 3.8) is 0 Å². The second-order valence-corrected chi connectivity index (χ2v) is 5.82. The van der Waals surface area contributed by atoms with Gasteiger partial charge in [0.2, 0.25) is 15.9 Å². The van der Waals surface area contributed by atoms with E-state index >= 15 is 0 Å². The molecule has 1 amide bonds. The van der Waals surface area contributed by atoms with E-state index in [1.165, 1.54) is 6.92 Å². The first-order valence-corrected chi connectivity index (χ1v) is 7.56. The van der Waals surface area contributed by atoms with Crippen LogP contribution in [0.4, 0.5) is 0 Å². The Hall–Kier alpha value is -0.660. The number of carbonyl (C=O) groups is 1. The van der Waals surface area contributed by atoms with Crippen LogP contribution >= 0.6 is 0 Å². The smallest absolute Gasteiger partial charge is 0.237 e. The van der Waals surface area contributed by atoms with Crippen molar-refractivity contribution in [1.29, 1.82) is 0 Å². The van der Waals surface area contributed by atoms with Crippen molar-refractivity contribution in [1.82, 2.24) is 10.0 Å². The number of sulfonamides is 1. The van der Waals surface area contributed by atoms with E-state index in [4.69, 9.17) is 5.73 Å². The molecule has 0 rings (SSSR count). The van der Waals surface area contributed by atoms with Crippen molar-refractivity contribution < 1.29 is 13.2 Å². The van der Waals surface area contributed by atoms with Crippen LogP contribution in [-0.2, 0) is 14.8 Å². The zero-order valence-electron chi connectivity index (χ0n) is 10.5. The molecule has 1 atom stereocenters. The fourth-order valence-electron chi connectivity index (χ4n) is 1.22. The maximum absolute atomic E-state index is 11.6. The lowest BCUT2D eigenvalue weighted by Crippen LogP contribution is -2.45. The molecule has 0 aromatic carbocycles. The monoisotopic (exact) mass is 265 g/mol. The summed E-state index contributed by atoms with van der Waals surface area (Å²) in [7, 11) is -3.39. The van der Waals surface area contributed by atoms with E-state index in [1.807, 2.05) is 6.92 Å². The Morgan fingerprint density at radius 1 is 1.35 bits per heavy atom. The summed E-state index contributed by atoms with van der Waals surface area (Å²) >= 11 is 0. The van der Waals surface area contributed by atoms with E-state index in [1.54, 1.807) is 0 Å². The SMILES string of the molecule is CCCNC(=O)C(C)NS(=O)(=O)CCCCN. The molecule has 0 saturated carbocycles. The van der Waals surface area contributed by atoms with Gasteiger partial charge >= 0.3 is 0 Å². The maximum Gasteiger partial charge on any atom is 0.237 e. The van der Waals surface area contributed by atoms with Crippen molar-refractivity contribution in [2.24, 2.45) is 5.73 Å². The van der Waals surface area contributed by atoms with E-state index in [-0.39, 0.29) is 11.7 Å². The third kappa shape index (κ3) is 8.12. The zero-order valence-corrected chi connectivity index (χ0v) is 11.3. The molecule has 0 spiro atoms. The standard InChI is InChI=1S/C10H23N3O3S/c1-3-7-12-10(14)9(2)13-17(15,16)8-5-4-6-11/h9,13H,3-8,11H2,1-2H3,(H,12,14). The number of amides is 1. The molecule has 0 aromatic heterocycles. The molecule has 1 unspecified atom stereocenters. The second kappa shape index (κ2) is 8.43. The van der Waals surface area contributed by atoms with Gasteiger partial charge in [0.15, 0.2) is 0 Å². The molecular weight excluding hydrogens is 242 g/mol. The fourth-order valence-corrected chi connectivity index (χ4v) is 2.57. The first-order chi connectivity index (χ1) is 7.93. The van der Waals surface area contributed by atoms with Gasteiger partial charge in [0.05, 0.1) is 11.8 Å². The Morgan fingerprint density at radius 2 is 2.00 bits per heavy atom. The number of hydrogen-bond acceptors (Lipinski definition) is 4. The van der Waals surface area contributed by atoms with Gasteiger partial charge in [0.25, 0.3) is 0 Å². The first-order valence-electron chi connectivity index (χ1n) is 5.90. The van der Waals surface area contributed by atoms with Crippen LogP contribution in [-0.4, -0.2) is 39.2 Å². The number of unbranched alkanes of at least 4 members (excludes halogenated alkanes) is 1. The Bertz CT molecular complexity index is 317. The van der Waals surface area contributed by atoms with Crippen molar-refractivity contribution in [2.45, 2.75) is 39.2 Å². The molecule has 4 N–H and O–H groups in total. The summed E-state index contributed by atoms with van der Waals surface area (Å²) in [5.74, 6) is -0.287. The lowest BCUT2D eigenvalue weighted by molar-refractivity contribution is -0.122. The average molecular weight is 265 g/mol. The van der Waals surface area contributed by atoms with Gasteiger partial charge in [-0.15, -0.1) is 0 Å². The van der Waals surface area contributed by atoms with Crippen LogP contribution in [0, 0.1) is 0 Å². The highest BCUT2D eigenvalue weighted by atomic mass is 32.2. The van der Waals surface area contributed by atoms with Crippen LogP contribution in [0.25, 0.3) is 0 Å². The van der Waals surface area contributed by atoms with E-state index in [0.29, 0.717) is 25.9 Å². The van der Waals surface area contributed by atoms with Crippen LogP contribution in [0.15, 0.2) is 0 Å². The van der Waals surface area contributed by atoms with Gasteiger partial charge < -0.3 is 11.1 Å². The number of hydrogen-bond donors (Lipinski definition) is 3. The third-order valence-corrected chi connectivity index (χ3v) is 3.70. The summed E-state index contributed by atoms with van der Waals surface area (Å²) in [6, 6.07) is -0.732. The molecule has 0 aliphatic rings. The number of rotatable bonds is 9. The first kappa shape index (κ1) is 16.3. The van der Waals surface area contributed by atoms with Gasteiger partial charge in [-0.05, 0) is 32.7 Å². The number of nitrogens with two attached hydrogens (primary N) is 1. The average Bonchev–Trinajstić information content (AvgIpc) is 2.25. The molecule has 0 aliphatic carbocycles. The number of nitrogens with one attached hydrogen (secondary N) is 2. The van der Waals surface area contributed by atoms with Crippen molar-refractivity contribution in [3.8, 4) is 0 Å². The summed E-state index contributed by atoms with van der Waals surface area (Å²) in [6.45, 7) is 4.49. The van der Waals surface area contributed by atoms with Crippen molar-refractivity contribution >= 4 is 15.9 Å². The number of carbonyl (C=O) groups excluding carboxylic acids is 1. The molecule has 0 heterocycles. The highest BCUT2D eigenvalue weighted by Crippen LogP contribution is 1.95. The molecule has 17 heavy (non-hydrogen) atoms. The molecule has 7 heteroatoms. The van der Waals surface area contributed by atoms with E-state index in [0.717, 1.165) is 6.42 Å². The van der Waals surface area contributed by atoms with Gasteiger partial charge in [0, 0.05) is 6.54 Å². The molecule has 102 valence electrons. The molecule has 0 saturated heterocycles. The molecule has 0 radical (unpaired) electrons. The predicted octanol–water partition coefficient (Wildman–Crippen LogP) is -0.441. The van der Waals surface area contributed by atoms with Crippen LogP contribution in [0.1, 0.15) is 33.1 Å². The largest absolute Gasteiger partial charge is 0.355 e. The zero-order chi connectivity index (χ0) is 13.3. The quantitative estimate of drug-likeness (QED) is 0.492. The molecule has 0 aromatic rings. The van der Waals surface area contributed by atoms with Gasteiger partial charge in [-0.2, -0.15) is 0 Å². The van der Waals surface area contributed by atoms with Crippen LogP contribution in [0.2, 0.25) is 0 Å². The highest BCUT2D eigenvalue weighted by molar-refractivity contribution is 7.89.